The van der Waals surface area contributed by atoms with Gasteiger partial charge in [-0.15, -0.1) is 0 Å². The zero-order valence-electron chi connectivity index (χ0n) is 10.7. The first-order valence-corrected chi connectivity index (χ1v) is 6.11. The Balaban J connectivity index is 2.47. The summed E-state index contributed by atoms with van der Waals surface area (Å²) in [7, 11) is 0. The molecule has 1 heterocycles. The fraction of sp³-hybridized carbons (Fsp3) is 0.143. The number of benzene rings is 1. The SMILES string of the molecule is Cc1cc(C)c(C(=N)N)c(Oc2cccc(Cl)c2)n1. The van der Waals surface area contributed by atoms with Crippen LogP contribution in [-0.2, 0) is 0 Å². The first-order chi connectivity index (χ1) is 8.97. The molecule has 0 aliphatic carbocycles. The van der Waals surface area contributed by atoms with Crippen molar-refractivity contribution in [3.05, 3.63) is 52.2 Å². The minimum atomic E-state index is -0.0676. The standard InChI is InChI=1S/C14H14ClN3O/c1-8-6-9(2)18-14(12(8)13(16)17)19-11-5-3-4-10(15)7-11/h3-7H,1-2H3,(H3,16,17). The minimum Gasteiger partial charge on any atom is -0.438 e. The predicted octanol–water partition coefficient (Wildman–Crippen LogP) is 3.43. The number of pyridine rings is 1. The number of hydrogen-bond acceptors (Lipinski definition) is 3. The molecule has 1 aromatic carbocycles. The predicted molar refractivity (Wildman–Crippen MR) is 76.3 cm³/mol. The van der Waals surface area contributed by atoms with E-state index in [2.05, 4.69) is 4.98 Å². The van der Waals surface area contributed by atoms with Crippen molar-refractivity contribution < 1.29 is 4.74 Å². The number of aryl methyl sites for hydroxylation is 2. The normalized spacial score (nSPS) is 10.3. The van der Waals surface area contributed by atoms with E-state index >= 15 is 0 Å². The zero-order valence-corrected chi connectivity index (χ0v) is 11.5. The average Bonchev–Trinajstić information content (AvgIpc) is 2.26. The van der Waals surface area contributed by atoms with Crippen LogP contribution in [0.25, 0.3) is 0 Å². The molecule has 0 amide bonds. The number of nitrogens with one attached hydrogen (secondary N) is 1. The van der Waals surface area contributed by atoms with Gasteiger partial charge in [0.25, 0.3) is 0 Å². The number of aromatic nitrogens is 1. The molecule has 0 atom stereocenters. The lowest BCUT2D eigenvalue weighted by molar-refractivity contribution is 0.460. The fourth-order valence-electron chi connectivity index (χ4n) is 1.85. The number of rotatable bonds is 3. The van der Waals surface area contributed by atoms with E-state index < -0.39 is 0 Å². The van der Waals surface area contributed by atoms with Gasteiger partial charge in [-0.2, -0.15) is 0 Å². The number of nitrogens with zero attached hydrogens (tertiary/aromatic N) is 1. The molecule has 0 fully saturated rings. The second kappa shape index (κ2) is 5.28. The molecule has 0 unspecified atom stereocenters. The Morgan fingerprint density at radius 1 is 1.32 bits per heavy atom. The first kappa shape index (κ1) is 13.4. The van der Waals surface area contributed by atoms with Crippen molar-refractivity contribution in [2.75, 3.05) is 0 Å². The van der Waals surface area contributed by atoms with Gasteiger partial charge in [-0.1, -0.05) is 17.7 Å². The van der Waals surface area contributed by atoms with Crippen LogP contribution in [0.15, 0.2) is 30.3 Å². The topological polar surface area (TPSA) is 72.0 Å². The van der Waals surface area contributed by atoms with Crippen molar-refractivity contribution in [2.45, 2.75) is 13.8 Å². The third-order valence-corrected chi connectivity index (χ3v) is 2.83. The maximum absolute atomic E-state index is 7.63. The highest BCUT2D eigenvalue weighted by Gasteiger charge is 2.13. The molecule has 2 rings (SSSR count). The van der Waals surface area contributed by atoms with Gasteiger partial charge in [0.1, 0.15) is 11.6 Å². The van der Waals surface area contributed by atoms with Crippen LogP contribution in [0.1, 0.15) is 16.8 Å². The molecule has 2 aromatic rings. The highest BCUT2D eigenvalue weighted by Crippen LogP contribution is 2.27. The summed E-state index contributed by atoms with van der Waals surface area (Å²) in [6.45, 7) is 3.73. The summed E-state index contributed by atoms with van der Waals surface area (Å²) in [5.41, 5.74) is 7.75. The molecule has 5 heteroatoms. The van der Waals surface area contributed by atoms with Crippen molar-refractivity contribution in [3.8, 4) is 11.6 Å². The summed E-state index contributed by atoms with van der Waals surface area (Å²) in [5.74, 6) is 0.821. The maximum atomic E-state index is 7.63. The molecule has 0 saturated heterocycles. The Bertz CT molecular complexity index is 641. The second-order valence-electron chi connectivity index (χ2n) is 4.23. The van der Waals surface area contributed by atoms with Gasteiger partial charge in [0.15, 0.2) is 0 Å². The third-order valence-electron chi connectivity index (χ3n) is 2.59. The van der Waals surface area contributed by atoms with Crippen molar-refractivity contribution in [1.29, 1.82) is 5.41 Å². The molecule has 0 aliphatic heterocycles. The van der Waals surface area contributed by atoms with Gasteiger partial charge in [-0.25, -0.2) is 4.98 Å². The summed E-state index contributed by atoms with van der Waals surface area (Å²) in [6, 6.07) is 8.87. The Labute approximate surface area is 116 Å². The summed E-state index contributed by atoms with van der Waals surface area (Å²) < 4.78 is 5.70. The molecule has 19 heavy (non-hydrogen) atoms. The molecular weight excluding hydrogens is 262 g/mol. The number of hydrogen-bond donors (Lipinski definition) is 2. The molecule has 0 bridgehead atoms. The summed E-state index contributed by atoms with van der Waals surface area (Å²) >= 11 is 5.91. The summed E-state index contributed by atoms with van der Waals surface area (Å²) in [6.07, 6.45) is 0. The van der Waals surface area contributed by atoms with E-state index in [4.69, 9.17) is 27.5 Å². The summed E-state index contributed by atoms with van der Waals surface area (Å²) in [4.78, 5) is 4.29. The number of halogens is 1. The van der Waals surface area contributed by atoms with Crippen molar-refractivity contribution in [1.82, 2.24) is 4.98 Å². The fourth-order valence-corrected chi connectivity index (χ4v) is 2.03. The highest BCUT2D eigenvalue weighted by molar-refractivity contribution is 6.30. The molecular formula is C14H14ClN3O. The molecule has 0 aliphatic rings. The van der Waals surface area contributed by atoms with Crippen LogP contribution in [0.4, 0.5) is 0 Å². The van der Waals surface area contributed by atoms with Crippen molar-refractivity contribution >= 4 is 17.4 Å². The van der Waals surface area contributed by atoms with Gasteiger partial charge in [-0.05, 0) is 43.7 Å². The molecule has 4 nitrogen and oxygen atoms in total. The van der Waals surface area contributed by atoms with E-state index in [0.29, 0.717) is 22.2 Å². The number of nitrogen functional groups attached to an aromatic ring is 1. The van der Waals surface area contributed by atoms with Crippen molar-refractivity contribution in [3.63, 3.8) is 0 Å². The molecule has 1 aromatic heterocycles. The van der Waals surface area contributed by atoms with Gasteiger partial charge in [0.2, 0.25) is 5.88 Å². The molecule has 0 spiro atoms. The van der Waals surface area contributed by atoms with E-state index in [1.807, 2.05) is 19.9 Å². The zero-order chi connectivity index (χ0) is 14.0. The monoisotopic (exact) mass is 275 g/mol. The van der Waals surface area contributed by atoms with Crippen LogP contribution in [0.5, 0.6) is 11.6 Å². The van der Waals surface area contributed by atoms with E-state index in [0.717, 1.165) is 11.3 Å². The van der Waals surface area contributed by atoms with Gasteiger partial charge in [0.05, 0.1) is 5.56 Å². The van der Waals surface area contributed by atoms with Gasteiger partial charge >= 0.3 is 0 Å². The van der Waals surface area contributed by atoms with Gasteiger partial charge in [0, 0.05) is 10.7 Å². The van der Waals surface area contributed by atoms with Crippen molar-refractivity contribution in [2.24, 2.45) is 5.73 Å². The third kappa shape index (κ3) is 3.03. The van der Waals surface area contributed by atoms with Crippen LogP contribution < -0.4 is 10.5 Å². The van der Waals surface area contributed by atoms with E-state index in [1.165, 1.54) is 0 Å². The van der Waals surface area contributed by atoms with Gasteiger partial charge < -0.3 is 10.5 Å². The second-order valence-corrected chi connectivity index (χ2v) is 4.67. The molecule has 0 radical (unpaired) electrons. The Morgan fingerprint density at radius 3 is 2.68 bits per heavy atom. The first-order valence-electron chi connectivity index (χ1n) is 5.73. The van der Waals surface area contributed by atoms with Crippen LogP contribution in [0.2, 0.25) is 5.02 Å². The van der Waals surface area contributed by atoms with Crippen LogP contribution >= 0.6 is 11.6 Å². The Morgan fingerprint density at radius 2 is 2.05 bits per heavy atom. The highest BCUT2D eigenvalue weighted by atomic mass is 35.5. The minimum absolute atomic E-state index is 0.0676. The average molecular weight is 276 g/mol. The number of ether oxygens (including phenoxy) is 1. The number of nitrogens with two attached hydrogens (primary N) is 1. The van der Waals surface area contributed by atoms with E-state index in [-0.39, 0.29) is 5.84 Å². The molecule has 3 N–H and O–H groups in total. The Kier molecular flexibility index (Phi) is 3.71. The van der Waals surface area contributed by atoms with Crippen LogP contribution in [-0.4, -0.2) is 10.8 Å². The smallest absolute Gasteiger partial charge is 0.230 e. The van der Waals surface area contributed by atoms with E-state index in [9.17, 15) is 0 Å². The molecule has 0 saturated carbocycles. The Hall–Kier alpha value is -2.07. The lowest BCUT2D eigenvalue weighted by atomic mass is 10.1. The lowest BCUT2D eigenvalue weighted by Crippen LogP contribution is -2.15. The molecule has 98 valence electrons. The quantitative estimate of drug-likeness (QED) is 0.666. The summed E-state index contributed by atoms with van der Waals surface area (Å²) in [5, 5.41) is 8.20. The lowest BCUT2D eigenvalue weighted by Gasteiger charge is -2.12. The van der Waals surface area contributed by atoms with E-state index in [1.54, 1.807) is 24.3 Å². The van der Waals surface area contributed by atoms with Gasteiger partial charge in [-0.3, -0.25) is 5.41 Å². The van der Waals surface area contributed by atoms with Crippen LogP contribution in [0, 0.1) is 19.3 Å². The largest absolute Gasteiger partial charge is 0.438 e. The van der Waals surface area contributed by atoms with Crippen LogP contribution in [0.3, 0.4) is 0 Å². The number of amidine groups is 1. The maximum Gasteiger partial charge on any atom is 0.230 e.